The Balaban J connectivity index is 1.51. The summed E-state index contributed by atoms with van der Waals surface area (Å²) < 4.78 is 1.80. The Morgan fingerprint density at radius 1 is 1.00 bits per heavy atom. The molecule has 0 atom stereocenters. The topological polar surface area (TPSA) is 63.9 Å². The highest BCUT2D eigenvalue weighted by atomic mass is 16.2. The number of benzene rings is 2. The van der Waals surface area contributed by atoms with Crippen LogP contribution in [0, 0.1) is 13.8 Å². The second-order valence-corrected chi connectivity index (χ2v) is 6.88. The summed E-state index contributed by atoms with van der Waals surface area (Å²) in [5.41, 5.74) is 5.98. The first-order valence-electron chi connectivity index (χ1n) is 9.11. The molecule has 0 aliphatic heterocycles. The summed E-state index contributed by atoms with van der Waals surface area (Å²) in [4.78, 5) is 23.6. The molecular weight excluding hydrogens is 350 g/mol. The van der Waals surface area contributed by atoms with Crippen molar-refractivity contribution < 1.29 is 4.79 Å². The molecule has 6 nitrogen and oxygen atoms in total. The van der Waals surface area contributed by atoms with E-state index in [4.69, 9.17) is 0 Å². The maximum atomic E-state index is 12.9. The molecule has 2 aromatic heterocycles. The van der Waals surface area contributed by atoms with Gasteiger partial charge in [-0.15, -0.1) is 0 Å². The lowest BCUT2D eigenvalue weighted by Crippen LogP contribution is -2.26. The van der Waals surface area contributed by atoms with Gasteiger partial charge in [0.2, 0.25) is 0 Å². The highest BCUT2D eigenvalue weighted by Crippen LogP contribution is 2.17. The highest BCUT2D eigenvalue weighted by Gasteiger charge is 2.14. The zero-order valence-corrected chi connectivity index (χ0v) is 16.1. The third-order valence-corrected chi connectivity index (χ3v) is 4.79. The molecule has 140 valence electrons. The van der Waals surface area contributed by atoms with Crippen LogP contribution in [0.3, 0.4) is 0 Å². The maximum Gasteiger partial charge on any atom is 0.253 e. The summed E-state index contributed by atoms with van der Waals surface area (Å²) in [6.07, 6.45) is 3.65. The van der Waals surface area contributed by atoms with E-state index < -0.39 is 0 Å². The van der Waals surface area contributed by atoms with E-state index >= 15 is 0 Å². The molecule has 0 saturated heterocycles. The molecule has 6 heteroatoms. The lowest BCUT2D eigenvalue weighted by Gasteiger charge is -2.18. The molecule has 0 radical (unpaired) electrons. The van der Waals surface area contributed by atoms with Crippen LogP contribution < -0.4 is 0 Å². The molecule has 0 fully saturated rings. The van der Waals surface area contributed by atoms with E-state index in [-0.39, 0.29) is 5.91 Å². The number of hydrogen-bond acceptors (Lipinski definition) is 4. The van der Waals surface area contributed by atoms with Crippen molar-refractivity contribution in [3.63, 3.8) is 0 Å². The van der Waals surface area contributed by atoms with Gasteiger partial charge in [0.05, 0.1) is 28.1 Å². The van der Waals surface area contributed by atoms with E-state index in [1.54, 1.807) is 22.8 Å². The zero-order valence-electron chi connectivity index (χ0n) is 16.1. The SMILES string of the molecule is Cc1nc2ccc(C(=O)N(C)Cc3ccc(-n4cccn4)cc3)cc2nc1C. The standard InChI is InChI=1S/C22H21N5O/c1-15-16(2)25-21-13-18(7-10-20(21)24-15)22(28)26(3)14-17-5-8-19(9-6-17)27-12-4-11-23-27/h4-13H,14H2,1-3H3. The summed E-state index contributed by atoms with van der Waals surface area (Å²) in [7, 11) is 1.81. The van der Waals surface area contributed by atoms with E-state index in [0.717, 1.165) is 33.7 Å². The van der Waals surface area contributed by atoms with Crippen molar-refractivity contribution in [2.24, 2.45) is 0 Å². The van der Waals surface area contributed by atoms with E-state index in [1.165, 1.54) is 0 Å². The fourth-order valence-corrected chi connectivity index (χ4v) is 3.11. The first kappa shape index (κ1) is 17.9. The molecule has 4 aromatic rings. The fourth-order valence-electron chi connectivity index (χ4n) is 3.11. The third-order valence-electron chi connectivity index (χ3n) is 4.79. The molecule has 2 aromatic carbocycles. The molecule has 0 aliphatic rings. The Hall–Kier alpha value is -3.54. The molecule has 1 amide bonds. The third kappa shape index (κ3) is 3.49. The molecule has 28 heavy (non-hydrogen) atoms. The number of hydrogen-bond donors (Lipinski definition) is 0. The van der Waals surface area contributed by atoms with Gasteiger partial charge in [0.25, 0.3) is 5.91 Å². The van der Waals surface area contributed by atoms with Crippen molar-refractivity contribution >= 4 is 16.9 Å². The minimum absolute atomic E-state index is 0.0434. The number of aromatic nitrogens is 4. The lowest BCUT2D eigenvalue weighted by molar-refractivity contribution is 0.0785. The number of fused-ring (bicyclic) bond motifs is 1. The number of aryl methyl sites for hydroxylation is 2. The number of nitrogens with zero attached hydrogens (tertiary/aromatic N) is 5. The van der Waals surface area contributed by atoms with Gasteiger partial charge in [0.15, 0.2) is 0 Å². The van der Waals surface area contributed by atoms with Gasteiger partial charge in [-0.3, -0.25) is 4.79 Å². The van der Waals surface area contributed by atoms with Crippen LogP contribution in [0.5, 0.6) is 0 Å². The average molecular weight is 371 g/mol. The van der Waals surface area contributed by atoms with Crippen LogP contribution in [-0.2, 0) is 6.54 Å². The number of amides is 1. The average Bonchev–Trinajstić information content (AvgIpc) is 3.23. The molecule has 0 saturated carbocycles. The van der Waals surface area contributed by atoms with Crippen LogP contribution >= 0.6 is 0 Å². The summed E-state index contributed by atoms with van der Waals surface area (Å²) in [5, 5.41) is 4.22. The largest absolute Gasteiger partial charge is 0.337 e. The van der Waals surface area contributed by atoms with Crippen LogP contribution in [0.15, 0.2) is 60.9 Å². The van der Waals surface area contributed by atoms with Crippen LogP contribution in [0.1, 0.15) is 27.3 Å². The van der Waals surface area contributed by atoms with E-state index in [1.807, 2.05) is 68.6 Å². The van der Waals surface area contributed by atoms with Gasteiger partial charge in [-0.25, -0.2) is 14.6 Å². The molecular formula is C22H21N5O. The van der Waals surface area contributed by atoms with Gasteiger partial charge in [0.1, 0.15) is 0 Å². The van der Waals surface area contributed by atoms with Crippen LogP contribution in [0.25, 0.3) is 16.7 Å². The monoisotopic (exact) mass is 371 g/mol. The Morgan fingerprint density at radius 3 is 2.39 bits per heavy atom. The minimum atomic E-state index is -0.0434. The summed E-state index contributed by atoms with van der Waals surface area (Å²) in [6, 6.07) is 15.4. The van der Waals surface area contributed by atoms with Crippen LogP contribution in [-0.4, -0.2) is 37.6 Å². The summed E-state index contributed by atoms with van der Waals surface area (Å²) >= 11 is 0. The first-order chi connectivity index (χ1) is 13.5. The van der Waals surface area contributed by atoms with Crippen molar-refractivity contribution in [3.05, 3.63) is 83.4 Å². The van der Waals surface area contributed by atoms with Crippen molar-refractivity contribution in [1.29, 1.82) is 0 Å². The van der Waals surface area contributed by atoms with Crippen molar-refractivity contribution in [2.45, 2.75) is 20.4 Å². The minimum Gasteiger partial charge on any atom is -0.337 e. The molecule has 0 spiro atoms. The maximum absolute atomic E-state index is 12.9. The number of carbonyl (C=O) groups excluding carboxylic acids is 1. The Morgan fingerprint density at radius 2 is 1.71 bits per heavy atom. The van der Waals surface area contributed by atoms with E-state index in [0.29, 0.717) is 12.1 Å². The van der Waals surface area contributed by atoms with Gasteiger partial charge >= 0.3 is 0 Å². The Kier molecular flexibility index (Phi) is 4.61. The lowest BCUT2D eigenvalue weighted by atomic mass is 10.1. The molecule has 0 aliphatic carbocycles. The van der Waals surface area contributed by atoms with Gasteiger partial charge in [-0.05, 0) is 55.8 Å². The molecule has 2 heterocycles. The second kappa shape index (κ2) is 7.23. The molecule has 0 bridgehead atoms. The normalized spacial score (nSPS) is 11.0. The van der Waals surface area contributed by atoms with Crippen molar-refractivity contribution in [3.8, 4) is 5.69 Å². The van der Waals surface area contributed by atoms with Crippen LogP contribution in [0.2, 0.25) is 0 Å². The Labute approximate surface area is 163 Å². The van der Waals surface area contributed by atoms with E-state index in [9.17, 15) is 4.79 Å². The quantitative estimate of drug-likeness (QED) is 0.549. The zero-order chi connectivity index (χ0) is 19.7. The van der Waals surface area contributed by atoms with Crippen molar-refractivity contribution in [1.82, 2.24) is 24.6 Å². The Bertz CT molecular complexity index is 1130. The molecule has 0 N–H and O–H groups in total. The van der Waals surface area contributed by atoms with Gasteiger partial charge in [-0.2, -0.15) is 5.10 Å². The smallest absolute Gasteiger partial charge is 0.253 e. The highest BCUT2D eigenvalue weighted by molar-refractivity contribution is 5.97. The predicted octanol–water partition coefficient (Wildman–Crippen LogP) is 3.70. The van der Waals surface area contributed by atoms with E-state index in [2.05, 4.69) is 15.1 Å². The molecule has 4 rings (SSSR count). The second-order valence-electron chi connectivity index (χ2n) is 6.88. The first-order valence-corrected chi connectivity index (χ1v) is 9.11. The summed E-state index contributed by atoms with van der Waals surface area (Å²) in [5.74, 6) is -0.0434. The summed E-state index contributed by atoms with van der Waals surface area (Å²) in [6.45, 7) is 4.39. The predicted molar refractivity (Wildman–Crippen MR) is 108 cm³/mol. The number of carbonyl (C=O) groups is 1. The number of rotatable bonds is 4. The van der Waals surface area contributed by atoms with Crippen LogP contribution in [0.4, 0.5) is 0 Å². The fraction of sp³-hybridized carbons (Fsp3) is 0.182. The molecule has 0 unspecified atom stereocenters. The van der Waals surface area contributed by atoms with Crippen molar-refractivity contribution in [2.75, 3.05) is 7.05 Å². The van der Waals surface area contributed by atoms with Gasteiger partial charge in [0, 0.05) is 31.5 Å². The van der Waals surface area contributed by atoms with Gasteiger partial charge in [-0.1, -0.05) is 12.1 Å². The van der Waals surface area contributed by atoms with Gasteiger partial charge < -0.3 is 4.90 Å².